The van der Waals surface area contributed by atoms with Crippen LogP contribution in [0, 0.1) is 0 Å². The summed E-state index contributed by atoms with van der Waals surface area (Å²) in [7, 11) is 0. The molecule has 0 aliphatic carbocycles. The maximum absolute atomic E-state index is 11.0. The summed E-state index contributed by atoms with van der Waals surface area (Å²) in [5.41, 5.74) is 0.888. The van der Waals surface area contributed by atoms with E-state index < -0.39 is 0 Å². The van der Waals surface area contributed by atoms with Gasteiger partial charge in [0.25, 0.3) is 0 Å². The van der Waals surface area contributed by atoms with Gasteiger partial charge in [0.2, 0.25) is 0 Å². The van der Waals surface area contributed by atoms with Gasteiger partial charge in [-0.3, -0.25) is 4.79 Å². The standard InChI is InChI=1S/C10H18O2/c1-4-5-6-7-10(11)12-8-9(2)3/h2,4-8H2,1,3H3. The predicted molar refractivity (Wildman–Crippen MR) is 49.9 cm³/mol. The fourth-order valence-electron chi connectivity index (χ4n) is 0.795. The van der Waals surface area contributed by atoms with Crippen LogP contribution in [0.15, 0.2) is 12.2 Å². The van der Waals surface area contributed by atoms with E-state index >= 15 is 0 Å². The second kappa shape index (κ2) is 6.89. The van der Waals surface area contributed by atoms with Crippen molar-refractivity contribution in [2.45, 2.75) is 39.5 Å². The molecule has 0 aromatic rings. The van der Waals surface area contributed by atoms with Crippen molar-refractivity contribution in [3.8, 4) is 0 Å². The number of carbonyl (C=O) groups is 1. The number of ether oxygens (including phenoxy) is 1. The molecule has 0 aromatic heterocycles. The van der Waals surface area contributed by atoms with Crippen molar-refractivity contribution in [2.75, 3.05) is 6.61 Å². The maximum Gasteiger partial charge on any atom is 0.306 e. The predicted octanol–water partition coefficient (Wildman–Crippen LogP) is 2.69. The molecule has 0 aliphatic heterocycles. The molecule has 0 N–H and O–H groups in total. The first-order valence-corrected chi connectivity index (χ1v) is 4.46. The van der Waals surface area contributed by atoms with E-state index in [2.05, 4.69) is 13.5 Å². The van der Waals surface area contributed by atoms with Crippen molar-refractivity contribution >= 4 is 5.97 Å². The average molecular weight is 170 g/mol. The van der Waals surface area contributed by atoms with Crippen molar-refractivity contribution in [1.29, 1.82) is 0 Å². The van der Waals surface area contributed by atoms with E-state index in [1.807, 2.05) is 6.92 Å². The summed E-state index contributed by atoms with van der Waals surface area (Å²) in [4.78, 5) is 11.0. The fraction of sp³-hybridized carbons (Fsp3) is 0.700. The van der Waals surface area contributed by atoms with E-state index in [9.17, 15) is 4.79 Å². The monoisotopic (exact) mass is 170 g/mol. The lowest BCUT2D eigenvalue weighted by molar-refractivity contribution is -0.142. The minimum absolute atomic E-state index is 0.105. The Balaban J connectivity index is 3.28. The van der Waals surface area contributed by atoms with Gasteiger partial charge in [-0.15, -0.1) is 0 Å². The Labute approximate surface area is 74.6 Å². The molecule has 0 spiro atoms. The van der Waals surface area contributed by atoms with Gasteiger partial charge in [-0.25, -0.2) is 0 Å². The van der Waals surface area contributed by atoms with Crippen molar-refractivity contribution in [3.05, 3.63) is 12.2 Å². The quantitative estimate of drug-likeness (QED) is 0.348. The highest BCUT2D eigenvalue weighted by Gasteiger charge is 2.00. The number of rotatable bonds is 6. The average Bonchev–Trinajstić information content (AvgIpc) is 2.01. The molecule has 0 aromatic carbocycles. The Kier molecular flexibility index (Phi) is 6.44. The SMILES string of the molecule is C=C(C)COC(=O)CCCCC. The van der Waals surface area contributed by atoms with Gasteiger partial charge in [0.05, 0.1) is 0 Å². The number of hydrogen-bond donors (Lipinski definition) is 0. The van der Waals surface area contributed by atoms with E-state index in [4.69, 9.17) is 4.74 Å². The van der Waals surface area contributed by atoms with E-state index in [0.717, 1.165) is 24.8 Å². The summed E-state index contributed by atoms with van der Waals surface area (Å²) in [5.74, 6) is -0.105. The van der Waals surface area contributed by atoms with Gasteiger partial charge < -0.3 is 4.74 Å². The molecule has 0 heterocycles. The zero-order chi connectivity index (χ0) is 9.40. The van der Waals surface area contributed by atoms with Crippen LogP contribution in [0.4, 0.5) is 0 Å². The molecular formula is C10H18O2. The Hall–Kier alpha value is -0.790. The van der Waals surface area contributed by atoms with E-state index in [1.54, 1.807) is 0 Å². The minimum Gasteiger partial charge on any atom is -0.461 e. The molecule has 2 nitrogen and oxygen atoms in total. The molecule has 0 bridgehead atoms. The Morgan fingerprint density at radius 3 is 2.58 bits per heavy atom. The van der Waals surface area contributed by atoms with Gasteiger partial charge in [0.15, 0.2) is 0 Å². The third-order valence-corrected chi connectivity index (χ3v) is 1.46. The zero-order valence-corrected chi connectivity index (χ0v) is 8.06. The summed E-state index contributed by atoms with van der Waals surface area (Å²) in [6.07, 6.45) is 3.71. The number of hydrogen-bond acceptors (Lipinski definition) is 2. The highest BCUT2D eigenvalue weighted by Crippen LogP contribution is 2.01. The molecule has 12 heavy (non-hydrogen) atoms. The Bertz CT molecular complexity index is 150. The second-order valence-electron chi connectivity index (χ2n) is 3.07. The van der Waals surface area contributed by atoms with Crippen molar-refractivity contribution in [2.24, 2.45) is 0 Å². The molecule has 0 rings (SSSR count). The molecule has 0 atom stereocenters. The lowest BCUT2D eigenvalue weighted by Gasteiger charge is -2.02. The molecule has 0 radical (unpaired) electrons. The number of unbranched alkanes of at least 4 members (excludes halogenated alkanes) is 2. The highest BCUT2D eigenvalue weighted by molar-refractivity contribution is 5.69. The van der Waals surface area contributed by atoms with Crippen LogP contribution in [-0.4, -0.2) is 12.6 Å². The van der Waals surface area contributed by atoms with Crippen LogP contribution in [0.3, 0.4) is 0 Å². The minimum atomic E-state index is -0.105. The zero-order valence-electron chi connectivity index (χ0n) is 8.06. The molecule has 0 unspecified atom stereocenters. The maximum atomic E-state index is 11.0. The van der Waals surface area contributed by atoms with Crippen molar-refractivity contribution in [3.63, 3.8) is 0 Å². The molecule has 0 saturated carbocycles. The summed E-state index contributed by atoms with van der Waals surface area (Å²) in [5, 5.41) is 0. The third-order valence-electron chi connectivity index (χ3n) is 1.46. The molecule has 0 saturated heterocycles. The Morgan fingerprint density at radius 2 is 2.08 bits per heavy atom. The van der Waals surface area contributed by atoms with Crippen LogP contribution in [-0.2, 0) is 9.53 Å². The largest absolute Gasteiger partial charge is 0.461 e. The van der Waals surface area contributed by atoms with Crippen LogP contribution in [0.25, 0.3) is 0 Å². The Morgan fingerprint density at radius 1 is 1.42 bits per heavy atom. The molecule has 0 fully saturated rings. The van der Waals surface area contributed by atoms with Gasteiger partial charge in [-0.1, -0.05) is 26.3 Å². The van der Waals surface area contributed by atoms with E-state index in [1.165, 1.54) is 0 Å². The smallest absolute Gasteiger partial charge is 0.306 e. The van der Waals surface area contributed by atoms with Crippen molar-refractivity contribution < 1.29 is 9.53 Å². The first kappa shape index (κ1) is 11.2. The van der Waals surface area contributed by atoms with E-state index in [-0.39, 0.29) is 5.97 Å². The fourth-order valence-corrected chi connectivity index (χ4v) is 0.795. The summed E-state index contributed by atoms with van der Waals surface area (Å²) >= 11 is 0. The van der Waals surface area contributed by atoms with E-state index in [0.29, 0.717) is 13.0 Å². The van der Waals surface area contributed by atoms with Crippen LogP contribution in [0.1, 0.15) is 39.5 Å². The summed E-state index contributed by atoms with van der Waals surface area (Å²) in [6, 6.07) is 0. The third kappa shape index (κ3) is 7.32. The first-order chi connectivity index (χ1) is 5.66. The topological polar surface area (TPSA) is 26.3 Å². The molecule has 0 amide bonds. The first-order valence-electron chi connectivity index (χ1n) is 4.46. The summed E-state index contributed by atoms with van der Waals surface area (Å²) < 4.78 is 4.91. The normalized spacial score (nSPS) is 9.50. The van der Waals surface area contributed by atoms with Crippen molar-refractivity contribution in [1.82, 2.24) is 0 Å². The van der Waals surface area contributed by atoms with Gasteiger partial charge in [-0.2, -0.15) is 0 Å². The van der Waals surface area contributed by atoms with Crippen LogP contribution >= 0.6 is 0 Å². The number of carbonyl (C=O) groups excluding carboxylic acids is 1. The lowest BCUT2D eigenvalue weighted by Crippen LogP contribution is -2.05. The van der Waals surface area contributed by atoms with Crippen LogP contribution < -0.4 is 0 Å². The number of esters is 1. The molecule has 2 heteroatoms. The lowest BCUT2D eigenvalue weighted by atomic mass is 10.2. The van der Waals surface area contributed by atoms with Gasteiger partial charge in [0.1, 0.15) is 6.61 Å². The second-order valence-corrected chi connectivity index (χ2v) is 3.07. The van der Waals surface area contributed by atoms with Gasteiger partial charge in [-0.05, 0) is 18.9 Å². The van der Waals surface area contributed by atoms with Gasteiger partial charge in [0, 0.05) is 6.42 Å². The summed E-state index contributed by atoms with van der Waals surface area (Å²) in [6.45, 7) is 7.97. The van der Waals surface area contributed by atoms with Crippen LogP contribution in [0.5, 0.6) is 0 Å². The molecule has 0 aliphatic rings. The highest BCUT2D eigenvalue weighted by atomic mass is 16.5. The molecule has 70 valence electrons. The molecular weight excluding hydrogens is 152 g/mol. The van der Waals surface area contributed by atoms with Crippen LogP contribution in [0.2, 0.25) is 0 Å². The van der Waals surface area contributed by atoms with Gasteiger partial charge >= 0.3 is 5.97 Å².